The van der Waals surface area contributed by atoms with Gasteiger partial charge >= 0.3 is 0 Å². The molecule has 0 spiro atoms. The average molecular weight is 244 g/mol. The first-order chi connectivity index (χ1) is 8.70. The Bertz CT molecular complexity index is 491. The van der Waals surface area contributed by atoms with Crippen molar-refractivity contribution < 1.29 is 4.42 Å². The van der Waals surface area contributed by atoms with Gasteiger partial charge in [-0.2, -0.15) is 0 Å². The van der Waals surface area contributed by atoms with E-state index in [4.69, 9.17) is 10.3 Å². The minimum atomic E-state index is 0.162. The minimum absolute atomic E-state index is 0.162. The van der Waals surface area contributed by atoms with Crippen LogP contribution < -0.4 is 11.3 Å². The van der Waals surface area contributed by atoms with Crippen LogP contribution in [0.3, 0.4) is 0 Å². The number of hydrogen-bond acceptors (Lipinski definition) is 3. The molecule has 0 saturated carbocycles. The number of nitrogens with one attached hydrogen (secondary N) is 1. The standard InChI is InChI=1S/C15H20N2O/c1-11-5-6-12(2)14(10-11)15(17-16)8-7-13-4-3-9-18-13/h3-6,9-10,15,17H,7-8,16H2,1-2H3. The Morgan fingerprint density at radius 2 is 2.11 bits per heavy atom. The highest BCUT2D eigenvalue weighted by molar-refractivity contribution is 5.33. The second-order valence-corrected chi connectivity index (χ2v) is 4.70. The summed E-state index contributed by atoms with van der Waals surface area (Å²) in [7, 11) is 0. The van der Waals surface area contributed by atoms with E-state index in [9.17, 15) is 0 Å². The Labute approximate surface area is 108 Å². The molecule has 1 aromatic heterocycles. The zero-order chi connectivity index (χ0) is 13.0. The molecule has 1 unspecified atom stereocenters. The summed E-state index contributed by atoms with van der Waals surface area (Å²) < 4.78 is 5.35. The van der Waals surface area contributed by atoms with Crippen LogP contribution in [0.2, 0.25) is 0 Å². The molecule has 2 aromatic rings. The molecule has 0 saturated heterocycles. The molecular weight excluding hydrogens is 224 g/mol. The predicted molar refractivity (Wildman–Crippen MR) is 73.0 cm³/mol. The Morgan fingerprint density at radius 3 is 2.78 bits per heavy atom. The van der Waals surface area contributed by atoms with Crippen LogP contribution in [0.1, 0.15) is 34.9 Å². The van der Waals surface area contributed by atoms with E-state index in [1.807, 2.05) is 12.1 Å². The van der Waals surface area contributed by atoms with Crippen LogP contribution in [0.4, 0.5) is 0 Å². The molecule has 3 nitrogen and oxygen atoms in total. The third-order valence-electron chi connectivity index (χ3n) is 3.27. The summed E-state index contributed by atoms with van der Waals surface area (Å²) in [5.74, 6) is 6.68. The van der Waals surface area contributed by atoms with Crippen molar-refractivity contribution in [3.05, 3.63) is 59.0 Å². The van der Waals surface area contributed by atoms with Gasteiger partial charge in [0.1, 0.15) is 5.76 Å². The Hall–Kier alpha value is -1.58. The molecule has 0 aliphatic heterocycles. The third kappa shape index (κ3) is 3.00. The number of aryl methyl sites for hydroxylation is 3. The maximum absolute atomic E-state index is 5.68. The molecule has 0 aliphatic carbocycles. The number of hydrazine groups is 1. The highest BCUT2D eigenvalue weighted by Crippen LogP contribution is 2.23. The lowest BCUT2D eigenvalue weighted by atomic mass is 9.96. The van der Waals surface area contributed by atoms with E-state index in [1.165, 1.54) is 16.7 Å². The predicted octanol–water partition coefficient (Wildman–Crippen LogP) is 3.03. The van der Waals surface area contributed by atoms with E-state index in [0.29, 0.717) is 0 Å². The van der Waals surface area contributed by atoms with Crippen LogP contribution >= 0.6 is 0 Å². The number of nitrogens with two attached hydrogens (primary N) is 1. The summed E-state index contributed by atoms with van der Waals surface area (Å²) in [5, 5.41) is 0. The van der Waals surface area contributed by atoms with E-state index in [2.05, 4.69) is 37.5 Å². The smallest absolute Gasteiger partial charge is 0.103 e. The van der Waals surface area contributed by atoms with Gasteiger partial charge in [-0.3, -0.25) is 11.3 Å². The molecule has 3 N–H and O–H groups in total. The lowest BCUT2D eigenvalue weighted by Crippen LogP contribution is -2.29. The molecule has 0 radical (unpaired) electrons. The van der Waals surface area contributed by atoms with Gasteiger partial charge in [0.25, 0.3) is 0 Å². The Morgan fingerprint density at radius 1 is 1.28 bits per heavy atom. The van der Waals surface area contributed by atoms with Crippen molar-refractivity contribution >= 4 is 0 Å². The number of hydrogen-bond donors (Lipinski definition) is 2. The van der Waals surface area contributed by atoms with Crippen LogP contribution in [-0.4, -0.2) is 0 Å². The van der Waals surface area contributed by atoms with E-state index in [0.717, 1.165) is 18.6 Å². The summed E-state index contributed by atoms with van der Waals surface area (Å²) >= 11 is 0. The maximum Gasteiger partial charge on any atom is 0.103 e. The SMILES string of the molecule is Cc1ccc(C)c(C(CCc2ccco2)NN)c1. The van der Waals surface area contributed by atoms with Crippen molar-refractivity contribution in [1.82, 2.24) is 5.43 Å². The number of furan rings is 1. The van der Waals surface area contributed by atoms with Crippen molar-refractivity contribution in [1.29, 1.82) is 0 Å². The van der Waals surface area contributed by atoms with Crippen LogP contribution in [0.15, 0.2) is 41.0 Å². The summed E-state index contributed by atoms with van der Waals surface area (Å²) in [6, 6.07) is 10.5. The van der Waals surface area contributed by atoms with Gasteiger partial charge in [-0.15, -0.1) is 0 Å². The monoisotopic (exact) mass is 244 g/mol. The first-order valence-electron chi connectivity index (χ1n) is 6.26. The lowest BCUT2D eigenvalue weighted by Gasteiger charge is -2.18. The van der Waals surface area contributed by atoms with Gasteiger partial charge in [-0.05, 0) is 43.5 Å². The van der Waals surface area contributed by atoms with Crippen molar-refractivity contribution in [3.63, 3.8) is 0 Å². The normalized spacial score (nSPS) is 12.6. The van der Waals surface area contributed by atoms with E-state index < -0.39 is 0 Å². The van der Waals surface area contributed by atoms with Crippen LogP contribution in [-0.2, 0) is 6.42 Å². The first-order valence-corrected chi connectivity index (χ1v) is 6.26. The summed E-state index contributed by atoms with van der Waals surface area (Å²) in [6.45, 7) is 4.22. The van der Waals surface area contributed by atoms with Crippen molar-refractivity contribution in [3.8, 4) is 0 Å². The van der Waals surface area contributed by atoms with Crippen molar-refractivity contribution in [2.45, 2.75) is 32.7 Å². The van der Waals surface area contributed by atoms with Crippen LogP contribution in [0.5, 0.6) is 0 Å². The third-order valence-corrected chi connectivity index (χ3v) is 3.27. The highest BCUT2D eigenvalue weighted by Gasteiger charge is 2.13. The maximum atomic E-state index is 5.68. The summed E-state index contributed by atoms with van der Waals surface area (Å²) in [5.41, 5.74) is 6.70. The molecule has 18 heavy (non-hydrogen) atoms. The zero-order valence-corrected chi connectivity index (χ0v) is 10.9. The fourth-order valence-corrected chi connectivity index (χ4v) is 2.21. The van der Waals surface area contributed by atoms with Gasteiger partial charge in [-0.25, -0.2) is 0 Å². The summed E-state index contributed by atoms with van der Waals surface area (Å²) in [4.78, 5) is 0. The minimum Gasteiger partial charge on any atom is -0.469 e. The fourth-order valence-electron chi connectivity index (χ4n) is 2.21. The summed E-state index contributed by atoms with van der Waals surface area (Å²) in [6.07, 6.45) is 3.52. The molecule has 3 heteroatoms. The van der Waals surface area contributed by atoms with Crippen LogP contribution in [0.25, 0.3) is 0 Å². The lowest BCUT2D eigenvalue weighted by molar-refractivity contribution is 0.457. The molecule has 0 amide bonds. The topological polar surface area (TPSA) is 51.2 Å². The molecule has 2 rings (SSSR count). The molecule has 1 heterocycles. The van der Waals surface area contributed by atoms with Gasteiger partial charge in [0.15, 0.2) is 0 Å². The molecule has 0 bridgehead atoms. The average Bonchev–Trinajstić information content (AvgIpc) is 2.87. The molecule has 1 atom stereocenters. The number of benzene rings is 1. The van der Waals surface area contributed by atoms with Gasteiger partial charge in [-0.1, -0.05) is 23.8 Å². The van der Waals surface area contributed by atoms with E-state index in [1.54, 1.807) is 6.26 Å². The molecule has 0 aliphatic rings. The van der Waals surface area contributed by atoms with Gasteiger partial charge in [0, 0.05) is 12.5 Å². The molecule has 0 fully saturated rings. The van der Waals surface area contributed by atoms with Crippen molar-refractivity contribution in [2.24, 2.45) is 5.84 Å². The van der Waals surface area contributed by atoms with Crippen LogP contribution in [0, 0.1) is 13.8 Å². The highest BCUT2D eigenvalue weighted by atomic mass is 16.3. The second kappa shape index (κ2) is 5.85. The van der Waals surface area contributed by atoms with Gasteiger partial charge in [0.2, 0.25) is 0 Å². The Balaban J connectivity index is 2.10. The van der Waals surface area contributed by atoms with E-state index in [-0.39, 0.29) is 6.04 Å². The molecule has 96 valence electrons. The van der Waals surface area contributed by atoms with Gasteiger partial charge < -0.3 is 4.42 Å². The second-order valence-electron chi connectivity index (χ2n) is 4.70. The quantitative estimate of drug-likeness (QED) is 0.628. The zero-order valence-electron chi connectivity index (χ0n) is 10.9. The van der Waals surface area contributed by atoms with Gasteiger partial charge in [0.05, 0.1) is 6.26 Å². The Kier molecular flexibility index (Phi) is 4.18. The largest absolute Gasteiger partial charge is 0.469 e. The molecular formula is C15H20N2O. The first kappa shape index (κ1) is 12.9. The molecule has 1 aromatic carbocycles. The van der Waals surface area contributed by atoms with E-state index >= 15 is 0 Å². The fraction of sp³-hybridized carbons (Fsp3) is 0.333. The van der Waals surface area contributed by atoms with Crippen molar-refractivity contribution in [2.75, 3.05) is 0 Å². The number of rotatable bonds is 5.